The largest absolute Gasteiger partial charge is 0.493 e. The number of hydrogen-bond donors (Lipinski definition) is 1. The number of amides is 2. The Morgan fingerprint density at radius 3 is 2.08 bits per heavy atom. The number of halogens is 3. The van der Waals surface area contributed by atoms with Crippen molar-refractivity contribution in [1.29, 1.82) is 0 Å². The molecule has 36 heavy (non-hydrogen) atoms. The topological polar surface area (TPSA) is 63.3 Å². The van der Waals surface area contributed by atoms with Gasteiger partial charge in [-0.25, -0.2) is 4.79 Å². The Morgan fingerprint density at radius 1 is 0.861 bits per heavy atom. The Bertz CT molecular complexity index is 1210. The van der Waals surface area contributed by atoms with Gasteiger partial charge in [0.1, 0.15) is 0 Å². The van der Waals surface area contributed by atoms with Gasteiger partial charge in [0.05, 0.1) is 43.8 Å². The molecule has 1 unspecified atom stereocenters. The fraction of sp³-hybridized carbons (Fsp3) is 0.269. The van der Waals surface area contributed by atoms with Gasteiger partial charge in [-0.05, 0) is 35.9 Å². The number of hydrogen-bond acceptors (Lipinski definition) is 5. The molecule has 0 spiro atoms. The summed E-state index contributed by atoms with van der Waals surface area (Å²) in [6, 6.07) is 16.0. The molecule has 3 aromatic carbocycles. The van der Waals surface area contributed by atoms with E-state index in [-0.39, 0.29) is 12.1 Å². The van der Waals surface area contributed by atoms with Gasteiger partial charge in [0.25, 0.3) is 0 Å². The van der Waals surface area contributed by atoms with Crippen LogP contribution < -0.4 is 24.4 Å². The van der Waals surface area contributed by atoms with E-state index in [0.29, 0.717) is 57.6 Å². The van der Waals surface area contributed by atoms with E-state index < -0.39 is 0 Å². The van der Waals surface area contributed by atoms with Crippen LogP contribution in [0.4, 0.5) is 16.2 Å². The van der Waals surface area contributed by atoms with E-state index in [1.807, 2.05) is 36.4 Å². The van der Waals surface area contributed by atoms with Crippen molar-refractivity contribution in [3.05, 3.63) is 75.2 Å². The molecular weight excluding hydrogens is 525 g/mol. The lowest BCUT2D eigenvalue weighted by Gasteiger charge is -2.43. The van der Waals surface area contributed by atoms with Crippen molar-refractivity contribution in [2.75, 3.05) is 51.2 Å². The lowest BCUT2D eigenvalue weighted by Crippen LogP contribution is -2.51. The number of rotatable bonds is 6. The summed E-state index contributed by atoms with van der Waals surface area (Å²) < 4.78 is 16.2. The van der Waals surface area contributed by atoms with E-state index in [1.54, 1.807) is 23.1 Å². The molecule has 1 fully saturated rings. The van der Waals surface area contributed by atoms with Gasteiger partial charge in [0.15, 0.2) is 11.5 Å². The van der Waals surface area contributed by atoms with Gasteiger partial charge < -0.3 is 29.3 Å². The number of nitrogens with zero attached hydrogens (tertiary/aromatic N) is 2. The minimum absolute atomic E-state index is 0.152. The minimum atomic E-state index is -0.245. The molecule has 7 nitrogen and oxygen atoms in total. The molecule has 2 amide bonds. The third kappa shape index (κ3) is 5.53. The van der Waals surface area contributed by atoms with Crippen LogP contribution in [0.5, 0.6) is 17.2 Å². The highest BCUT2D eigenvalue weighted by atomic mass is 35.5. The fourth-order valence-electron chi connectivity index (χ4n) is 4.30. The summed E-state index contributed by atoms with van der Waals surface area (Å²) in [5.74, 6) is 1.36. The lowest BCUT2D eigenvalue weighted by molar-refractivity contribution is 0.198. The van der Waals surface area contributed by atoms with Gasteiger partial charge in [-0.3, -0.25) is 0 Å². The van der Waals surface area contributed by atoms with Crippen LogP contribution in [-0.4, -0.2) is 51.9 Å². The van der Waals surface area contributed by atoms with Crippen molar-refractivity contribution < 1.29 is 19.0 Å². The molecule has 4 rings (SSSR count). The molecule has 1 aliphatic heterocycles. The van der Waals surface area contributed by atoms with Gasteiger partial charge >= 0.3 is 6.03 Å². The van der Waals surface area contributed by atoms with Crippen molar-refractivity contribution in [3.63, 3.8) is 0 Å². The molecular formula is C26H26Cl3N3O4. The number of piperazine rings is 1. The van der Waals surface area contributed by atoms with Crippen LogP contribution in [0.2, 0.25) is 15.1 Å². The van der Waals surface area contributed by atoms with Gasteiger partial charge in [-0.1, -0.05) is 46.9 Å². The molecule has 1 atom stereocenters. The molecule has 10 heteroatoms. The van der Waals surface area contributed by atoms with E-state index in [1.165, 1.54) is 21.3 Å². The average molecular weight is 551 g/mol. The molecule has 1 aliphatic rings. The van der Waals surface area contributed by atoms with Crippen molar-refractivity contribution in [2.45, 2.75) is 6.04 Å². The Kier molecular flexibility index (Phi) is 8.24. The monoisotopic (exact) mass is 549 g/mol. The molecule has 0 radical (unpaired) electrons. The summed E-state index contributed by atoms with van der Waals surface area (Å²) in [5, 5.41) is 4.71. The van der Waals surface area contributed by atoms with Crippen molar-refractivity contribution in [3.8, 4) is 17.2 Å². The summed E-state index contributed by atoms with van der Waals surface area (Å²) in [4.78, 5) is 17.3. The molecule has 190 valence electrons. The highest BCUT2D eigenvalue weighted by Gasteiger charge is 2.32. The lowest BCUT2D eigenvalue weighted by atomic mass is 10.0. The first-order valence-electron chi connectivity index (χ1n) is 11.2. The van der Waals surface area contributed by atoms with E-state index in [4.69, 9.17) is 49.0 Å². The second-order valence-corrected chi connectivity index (χ2v) is 9.43. The molecule has 1 heterocycles. The summed E-state index contributed by atoms with van der Waals surface area (Å²) in [6.45, 7) is 1.48. The second-order valence-electron chi connectivity index (χ2n) is 8.15. The van der Waals surface area contributed by atoms with Gasteiger partial charge in [0, 0.05) is 41.8 Å². The fourth-order valence-corrected chi connectivity index (χ4v) is 4.94. The van der Waals surface area contributed by atoms with Crippen LogP contribution in [0.15, 0.2) is 54.6 Å². The summed E-state index contributed by atoms with van der Waals surface area (Å²) in [7, 11) is 4.59. The maximum Gasteiger partial charge on any atom is 0.321 e. The first-order chi connectivity index (χ1) is 17.3. The van der Waals surface area contributed by atoms with Crippen LogP contribution in [-0.2, 0) is 0 Å². The standard InChI is InChI=1S/C26H26Cl3N3O4/c1-34-23-13-19(14-24(35-2)25(23)36-3)30-26(33)31-10-11-32(21-9-8-18(28)12-20(21)29)22(15-31)16-4-6-17(27)7-5-16/h4-9,12-14,22H,10-11,15H2,1-3H3,(H,30,33). The summed E-state index contributed by atoms with van der Waals surface area (Å²) >= 11 is 18.8. The summed E-state index contributed by atoms with van der Waals surface area (Å²) in [6.07, 6.45) is 0. The summed E-state index contributed by atoms with van der Waals surface area (Å²) in [5.41, 5.74) is 2.39. The zero-order chi connectivity index (χ0) is 25.8. The number of carbonyl (C=O) groups excluding carboxylic acids is 1. The first kappa shape index (κ1) is 26.1. The number of carbonyl (C=O) groups is 1. The molecule has 0 saturated carbocycles. The Labute approximate surface area is 225 Å². The van der Waals surface area contributed by atoms with Gasteiger partial charge in [0.2, 0.25) is 5.75 Å². The van der Waals surface area contributed by atoms with Crippen molar-refractivity contribution in [2.24, 2.45) is 0 Å². The van der Waals surface area contributed by atoms with Crippen LogP contribution in [0.1, 0.15) is 11.6 Å². The molecule has 1 N–H and O–H groups in total. The highest BCUT2D eigenvalue weighted by Crippen LogP contribution is 2.40. The first-order valence-corrected chi connectivity index (χ1v) is 12.3. The maximum absolute atomic E-state index is 13.3. The Balaban J connectivity index is 1.60. The molecule has 0 aliphatic carbocycles. The minimum Gasteiger partial charge on any atom is -0.493 e. The van der Waals surface area contributed by atoms with Crippen molar-refractivity contribution >= 4 is 52.2 Å². The normalized spacial score (nSPS) is 15.4. The van der Waals surface area contributed by atoms with Gasteiger partial charge in [-0.2, -0.15) is 0 Å². The van der Waals surface area contributed by atoms with Gasteiger partial charge in [-0.15, -0.1) is 0 Å². The number of benzene rings is 3. The smallest absolute Gasteiger partial charge is 0.321 e. The van der Waals surface area contributed by atoms with Crippen LogP contribution in [0.25, 0.3) is 0 Å². The second kappa shape index (κ2) is 11.4. The molecule has 0 aromatic heterocycles. The Hall–Kier alpha value is -3.00. The number of methoxy groups -OCH3 is 3. The third-order valence-corrected chi connectivity index (χ3v) is 6.85. The zero-order valence-electron chi connectivity index (χ0n) is 20.1. The predicted molar refractivity (Wildman–Crippen MR) is 145 cm³/mol. The molecule has 0 bridgehead atoms. The van der Waals surface area contributed by atoms with E-state index in [9.17, 15) is 4.79 Å². The highest BCUT2D eigenvalue weighted by molar-refractivity contribution is 6.36. The average Bonchev–Trinajstić information content (AvgIpc) is 2.88. The molecule has 3 aromatic rings. The van der Waals surface area contributed by atoms with Crippen molar-refractivity contribution in [1.82, 2.24) is 4.90 Å². The number of urea groups is 1. The SMILES string of the molecule is COc1cc(NC(=O)N2CCN(c3ccc(Cl)cc3Cl)C(c3ccc(Cl)cc3)C2)cc(OC)c1OC. The predicted octanol–water partition coefficient (Wildman–Crippen LogP) is 6.77. The number of nitrogens with one attached hydrogen (secondary N) is 1. The van der Waals surface area contributed by atoms with E-state index in [2.05, 4.69) is 10.2 Å². The zero-order valence-corrected chi connectivity index (χ0v) is 22.3. The Morgan fingerprint density at radius 2 is 1.50 bits per heavy atom. The quantitative estimate of drug-likeness (QED) is 0.367. The van der Waals surface area contributed by atoms with E-state index >= 15 is 0 Å². The number of ether oxygens (including phenoxy) is 3. The number of anilines is 2. The van der Waals surface area contributed by atoms with Crippen LogP contribution in [0, 0.1) is 0 Å². The maximum atomic E-state index is 13.3. The van der Waals surface area contributed by atoms with Crippen LogP contribution >= 0.6 is 34.8 Å². The third-order valence-electron chi connectivity index (χ3n) is 6.06. The molecule has 1 saturated heterocycles. The van der Waals surface area contributed by atoms with Crippen LogP contribution in [0.3, 0.4) is 0 Å². The van der Waals surface area contributed by atoms with E-state index in [0.717, 1.165) is 11.3 Å².